The molecule has 0 N–H and O–H groups in total. The topological polar surface area (TPSA) is 9.72 Å². The van der Waals surface area contributed by atoms with E-state index >= 15 is 0 Å². The summed E-state index contributed by atoms with van der Waals surface area (Å²) in [6.07, 6.45) is 10.2. The molecule has 1 saturated carbocycles. The number of rotatable bonds is 4. The molecule has 0 amide bonds. The second-order valence-electron chi connectivity index (χ2n) is 8.20. The summed E-state index contributed by atoms with van der Waals surface area (Å²) in [5.41, 5.74) is 0. The van der Waals surface area contributed by atoms with Crippen LogP contribution in [0.2, 0.25) is 0 Å². The predicted molar refractivity (Wildman–Crippen MR) is 94.3 cm³/mol. The maximum Gasteiger partial charge on any atom is 0.0113 e. The van der Waals surface area contributed by atoms with Gasteiger partial charge < -0.3 is 9.80 Å². The van der Waals surface area contributed by atoms with Crippen LogP contribution < -0.4 is 0 Å². The van der Waals surface area contributed by atoms with E-state index in [-0.39, 0.29) is 0 Å². The smallest absolute Gasteiger partial charge is 0.0113 e. The second-order valence-corrected chi connectivity index (χ2v) is 8.20. The molecule has 0 bridgehead atoms. The van der Waals surface area contributed by atoms with Gasteiger partial charge >= 0.3 is 0 Å². The van der Waals surface area contributed by atoms with Gasteiger partial charge in [0, 0.05) is 44.8 Å². The molecule has 0 aromatic carbocycles. The Morgan fingerprint density at radius 1 is 0.773 bits per heavy atom. The minimum absolute atomic E-state index is 0.736. The molecule has 3 aliphatic rings. The Hall–Kier alpha value is -0.120. The summed E-state index contributed by atoms with van der Waals surface area (Å²) in [7, 11) is 0. The van der Waals surface area contributed by atoms with E-state index in [1.165, 1.54) is 90.8 Å². The van der Waals surface area contributed by atoms with Crippen LogP contribution in [0.5, 0.6) is 0 Å². The van der Waals surface area contributed by atoms with E-state index in [0.717, 1.165) is 18.0 Å². The van der Waals surface area contributed by atoms with Crippen molar-refractivity contribution < 1.29 is 0 Å². The monoisotopic (exact) mass is 307 g/mol. The van der Waals surface area contributed by atoms with E-state index < -0.39 is 0 Å². The SMILES string of the molecule is CC(C)N1CCC(CN2CCN(C3CCCCC3)CC2)CC1. The van der Waals surface area contributed by atoms with E-state index in [9.17, 15) is 0 Å². The fourth-order valence-electron chi connectivity index (χ4n) is 4.77. The first-order chi connectivity index (χ1) is 10.7. The van der Waals surface area contributed by atoms with Crippen LogP contribution in [0.25, 0.3) is 0 Å². The normalized spacial score (nSPS) is 28.5. The highest BCUT2D eigenvalue weighted by atomic mass is 15.3. The van der Waals surface area contributed by atoms with Gasteiger partial charge in [0.25, 0.3) is 0 Å². The van der Waals surface area contributed by atoms with Crippen LogP contribution in [-0.4, -0.2) is 72.6 Å². The molecular weight excluding hydrogens is 270 g/mol. The van der Waals surface area contributed by atoms with Crippen molar-refractivity contribution >= 4 is 0 Å². The van der Waals surface area contributed by atoms with Crippen molar-refractivity contribution in [2.45, 2.75) is 70.9 Å². The number of piperidine rings is 1. The third-order valence-corrected chi connectivity index (χ3v) is 6.39. The Balaban J connectivity index is 1.35. The summed E-state index contributed by atoms with van der Waals surface area (Å²) in [6.45, 7) is 14.0. The van der Waals surface area contributed by atoms with E-state index in [1.807, 2.05) is 0 Å². The van der Waals surface area contributed by atoms with Crippen LogP contribution in [0, 0.1) is 5.92 Å². The Kier molecular flexibility index (Phi) is 6.17. The molecule has 0 spiro atoms. The maximum atomic E-state index is 2.80. The molecule has 3 rings (SSSR count). The lowest BCUT2D eigenvalue weighted by molar-refractivity contribution is 0.0586. The zero-order valence-corrected chi connectivity index (χ0v) is 15.0. The summed E-state index contributed by atoms with van der Waals surface area (Å²) in [5.74, 6) is 0.955. The van der Waals surface area contributed by atoms with Gasteiger partial charge in [-0.15, -0.1) is 0 Å². The van der Waals surface area contributed by atoms with E-state index in [4.69, 9.17) is 0 Å². The van der Waals surface area contributed by atoms with Crippen molar-refractivity contribution in [3.05, 3.63) is 0 Å². The summed E-state index contributed by atoms with van der Waals surface area (Å²) in [4.78, 5) is 8.21. The summed E-state index contributed by atoms with van der Waals surface area (Å²) in [6, 6.07) is 1.66. The van der Waals surface area contributed by atoms with E-state index in [2.05, 4.69) is 28.5 Å². The largest absolute Gasteiger partial charge is 0.301 e. The number of nitrogens with zero attached hydrogens (tertiary/aromatic N) is 3. The average molecular weight is 308 g/mol. The summed E-state index contributed by atoms with van der Waals surface area (Å²) < 4.78 is 0. The fourth-order valence-corrected chi connectivity index (χ4v) is 4.77. The van der Waals surface area contributed by atoms with Crippen molar-refractivity contribution in [1.82, 2.24) is 14.7 Å². The molecule has 0 radical (unpaired) electrons. The third kappa shape index (κ3) is 4.46. The lowest BCUT2D eigenvalue weighted by Crippen LogP contribution is -2.52. The quantitative estimate of drug-likeness (QED) is 0.790. The predicted octanol–water partition coefficient (Wildman–Crippen LogP) is 3.06. The van der Waals surface area contributed by atoms with Gasteiger partial charge in [-0.25, -0.2) is 0 Å². The van der Waals surface area contributed by atoms with E-state index in [1.54, 1.807) is 0 Å². The molecule has 128 valence electrons. The van der Waals surface area contributed by atoms with Crippen molar-refractivity contribution in [3.63, 3.8) is 0 Å². The first kappa shape index (κ1) is 16.7. The molecule has 0 aromatic heterocycles. The van der Waals surface area contributed by atoms with Gasteiger partial charge in [0.05, 0.1) is 0 Å². The molecule has 3 heteroatoms. The first-order valence-corrected chi connectivity index (χ1v) is 9.93. The van der Waals surface area contributed by atoms with Gasteiger partial charge in [-0.05, 0) is 58.5 Å². The highest BCUT2D eigenvalue weighted by molar-refractivity contribution is 4.83. The number of hydrogen-bond acceptors (Lipinski definition) is 3. The van der Waals surface area contributed by atoms with Gasteiger partial charge in [-0.1, -0.05) is 19.3 Å². The van der Waals surface area contributed by atoms with Gasteiger partial charge in [0.15, 0.2) is 0 Å². The number of hydrogen-bond donors (Lipinski definition) is 0. The molecule has 2 aliphatic heterocycles. The summed E-state index contributed by atoms with van der Waals surface area (Å²) >= 11 is 0. The zero-order chi connectivity index (χ0) is 15.4. The van der Waals surface area contributed by atoms with Crippen LogP contribution in [0.3, 0.4) is 0 Å². The zero-order valence-electron chi connectivity index (χ0n) is 15.0. The summed E-state index contributed by atoms with van der Waals surface area (Å²) in [5, 5.41) is 0. The van der Waals surface area contributed by atoms with E-state index in [0.29, 0.717) is 0 Å². The minimum Gasteiger partial charge on any atom is -0.301 e. The molecule has 0 atom stereocenters. The molecular formula is C19H37N3. The Labute approximate surface area is 138 Å². The van der Waals surface area contributed by atoms with Gasteiger partial charge in [-0.2, -0.15) is 0 Å². The van der Waals surface area contributed by atoms with Crippen molar-refractivity contribution in [3.8, 4) is 0 Å². The minimum atomic E-state index is 0.736. The van der Waals surface area contributed by atoms with Crippen molar-refractivity contribution in [1.29, 1.82) is 0 Å². The molecule has 22 heavy (non-hydrogen) atoms. The van der Waals surface area contributed by atoms with Crippen LogP contribution in [0.1, 0.15) is 58.8 Å². The van der Waals surface area contributed by atoms with Crippen LogP contribution in [0.15, 0.2) is 0 Å². The molecule has 2 heterocycles. The van der Waals surface area contributed by atoms with Gasteiger partial charge in [0.1, 0.15) is 0 Å². The third-order valence-electron chi connectivity index (χ3n) is 6.39. The maximum absolute atomic E-state index is 2.80. The average Bonchev–Trinajstić information content (AvgIpc) is 2.57. The lowest BCUT2D eigenvalue weighted by Gasteiger charge is -2.42. The molecule has 3 nitrogen and oxygen atoms in total. The number of piperazine rings is 1. The van der Waals surface area contributed by atoms with Crippen LogP contribution >= 0.6 is 0 Å². The standard InChI is InChI=1S/C19H37N3/c1-17(2)21-10-8-18(9-11-21)16-20-12-14-22(15-13-20)19-6-4-3-5-7-19/h17-19H,3-16H2,1-2H3. The molecule has 0 unspecified atom stereocenters. The molecule has 3 fully saturated rings. The Bertz CT molecular complexity index is 309. The molecule has 2 saturated heterocycles. The Morgan fingerprint density at radius 2 is 1.41 bits per heavy atom. The van der Waals surface area contributed by atoms with Crippen molar-refractivity contribution in [2.75, 3.05) is 45.8 Å². The number of likely N-dealkylation sites (tertiary alicyclic amines) is 1. The van der Waals surface area contributed by atoms with Gasteiger partial charge in [0.2, 0.25) is 0 Å². The van der Waals surface area contributed by atoms with Crippen LogP contribution in [0.4, 0.5) is 0 Å². The Morgan fingerprint density at radius 3 is 2.00 bits per heavy atom. The highest BCUT2D eigenvalue weighted by Crippen LogP contribution is 2.25. The van der Waals surface area contributed by atoms with Gasteiger partial charge in [-0.3, -0.25) is 4.90 Å². The second kappa shape index (κ2) is 8.12. The highest BCUT2D eigenvalue weighted by Gasteiger charge is 2.27. The molecule has 1 aliphatic carbocycles. The lowest BCUT2D eigenvalue weighted by atomic mass is 9.93. The van der Waals surface area contributed by atoms with Crippen molar-refractivity contribution in [2.24, 2.45) is 5.92 Å². The first-order valence-electron chi connectivity index (χ1n) is 9.93. The fraction of sp³-hybridized carbons (Fsp3) is 1.00. The van der Waals surface area contributed by atoms with Crippen LogP contribution in [-0.2, 0) is 0 Å². The molecule has 0 aromatic rings.